The lowest BCUT2D eigenvalue weighted by molar-refractivity contribution is 0.0702. The van der Waals surface area contributed by atoms with Gasteiger partial charge < -0.3 is 5.11 Å². The normalized spacial score (nSPS) is 11.3. The molecule has 0 aliphatic carbocycles. The molecule has 0 spiro atoms. The summed E-state index contributed by atoms with van der Waals surface area (Å²) in [6, 6.07) is 12.9. The van der Waals surface area contributed by atoms with Crippen molar-refractivity contribution >= 4 is 46.0 Å². The Balaban J connectivity index is 1.94. The maximum absolute atomic E-state index is 12.9. The van der Waals surface area contributed by atoms with Crippen molar-refractivity contribution in [3.8, 4) is 11.3 Å². The molecule has 1 N–H and O–H groups in total. The predicted molar refractivity (Wildman–Crippen MR) is 110 cm³/mol. The number of aromatic nitrogens is 3. The van der Waals surface area contributed by atoms with Crippen LogP contribution in [0.4, 0.5) is 0 Å². The van der Waals surface area contributed by atoms with Crippen LogP contribution >= 0.6 is 22.9 Å². The van der Waals surface area contributed by atoms with Crippen LogP contribution in [0.15, 0.2) is 59.7 Å². The second-order valence-corrected chi connectivity index (χ2v) is 7.16. The van der Waals surface area contributed by atoms with Crippen molar-refractivity contribution in [3.63, 3.8) is 0 Å². The topological polar surface area (TPSA) is 84.6 Å². The first kappa shape index (κ1) is 18.1. The van der Waals surface area contributed by atoms with Crippen molar-refractivity contribution in [2.24, 2.45) is 0 Å². The van der Waals surface area contributed by atoms with E-state index < -0.39 is 11.5 Å². The van der Waals surface area contributed by atoms with Crippen LogP contribution in [0.5, 0.6) is 0 Å². The largest absolute Gasteiger partial charge is 0.477 e. The van der Waals surface area contributed by atoms with Gasteiger partial charge in [0.25, 0.3) is 5.56 Å². The number of hydrogen-bond donors (Lipinski definition) is 1. The summed E-state index contributed by atoms with van der Waals surface area (Å²) < 4.78 is 1.23. The zero-order valence-electron chi connectivity index (χ0n) is 14.2. The molecule has 0 radical (unpaired) electrons. The number of fused-ring (bicyclic) bond motifs is 1. The number of benzene rings is 1. The third kappa shape index (κ3) is 3.21. The molecule has 8 heteroatoms. The average molecular weight is 410 g/mol. The Labute approximate surface area is 168 Å². The zero-order chi connectivity index (χ0) is 19.7. The molecule has 1 aromatic carbocycles. The average Bonchev–Trinajstić information content (AvgIpc) is 3.11. The van der Waals surface area contributed by atoms with Crippen LogP contribution < -0.4 is 5.56 Å². The molecule has 0 aliphatic heterocycles. The van der Waals surface area contributed by atoms with E-state index in [0.29, 0.717) is 5.56 Å². The van der Waals surface area contributed by atoms with E-state index in [9.17, 15) is 14.7 Å². The SMILES string of the molecule is O=C(O)c1sc2nc(C=Cc3ccccc3)c(Cl)c(=O)n2c1-c1cccnc1. The Morgan fingerprint density at radius 1 is 1.14 bits per heavy atom. The van der Waals surface area contributed by atoms with Gasteiger partial charge in [-0.2, -0.15) is 0 Å². The van der Waals surface area contributed by atoms with Crippen molar-refractivity contribution in [1.29, 1.82) is 0 Å². The van der Waals surface area contributed by atoms with Gasteiger partial charge in [0.15, 0.2) is 4.96 Å². The van der Waals surface area contributed by atoms with E-state index in [1.807, 2.05) is 30.3 Å². The molecule has 3 aromatic heterocycles. The van der Waals surface area contributed by atoms with E-state index in [-0.39, 0.29) is 26.2 Å². The van der Waals surface area contributed by atoms with Gasteiger partial charge in [0, 0.05) is 18.0 Å². The lowest BCUT2D eigenvalue weighted by Gasteiger charge is -2.04. The highest BCUT2D eigenvalue weighted by atomic mass is 35.5. The number of carbonyl (C=O) groups is 1. The highest BCUT2D eigenvalue weighted by molar-refractivity contribution is 7.19. The maximum Gasteiger partial charge on any atom is 0.348 e. The van der Waals surface area contributed by atoms with Crippen LogP contribution in [0.1, 0.15) is 20.9 Å². The number of rotatable bonds is 4. The van der Waals surface area contributed by atoms with Gasteiger partial charge in [-0.25, -0.2) is 14.2 Å². The van der Waals surface area contributed by atoms with E-state index in [2.05, 4.69) is 9.97 Å². The quantitative estimate of drug-likeness (QED) is 0.542. The molecule has 0 fully saturated rings. The van der Waals surface area contributed by atoms with Crippen LogP contribution in [-0.2, 0) is 0 Å². The number of carboxylic acids is 1. The van der Waals surface area contributed by atoms with Crippen LogP contribution in [0.25, 0.3) is 28.4 Å². The summed E-state index contributed by atoms with van der Waals surface area (Å²) in [6.07, 6.45) is 6.50. The summed E-state index contributed by atoms with van der Waals surface area (Å²) in [4.78, 5) is 33.4. The van der Waals surface area contributed by atoms with Gasteiger partial charge in [-0.05, 0) is 23.8 Å². The Hall–Kier alpha value is -3.29. The highest BCUT2D eigenvalue weighted by Crippen LogP contribution is 2.31. The first-order chi connectivity index (χ1) is 13.6. The van der Waals surface area contributed by atoms with Gasteiger partial charge in [-0.15, -0.1) is 0 Å². The fraction of sp³-hybridized carbons (Fsp3) is 0. The second kappa shape index (κ2) is 7.38. The first-order valence-corrected chi connectivity index (χ1v) is 9.37. The molecule has 0 saturated carbocycles. The summed E-state index contributed by atoms with van der Waals surface area (Å²) in [5.41, 5.74) is 1.40. The van der Waals surface area contributed by atoms with Gasteiger partial charge in [0.1, 0.15) is 9.90 Å². The van der Waals surface area contributed by atoms with E-state index in [1.165, 1.54) is 10.6 Å². The summed E-state index contributed by atoms with van der Waals surface area (Å²) >= 11 is 7.20. The van der Waals surface area contributed by atoms with Crippen molar-refractivity contribution in [2.45, 2.75) is 0 Å². The summed E-state index contributed by atoms with van der Waals surface area (Å²) in [5.74, 6) is -1.15. The smallest absolute Gasteiger partial charge is 0.348 e. The monoisotopic (exact) mass is 409 g/mol. The Morgan fingerprint density at radius 2 is 1.93 bits per heavy atom. The van der Waals surface area contributed by atoms with Crippen LogP contribution in [-0.4, -0.2) is 25.4 Å². The Kier molecular flexibility index (Phi) is 4.77. The van der Waals surface area contributed by atoms with Crippen molar-refractivity contribution in [1.82, 2.24) is 14.4 Å². The lowest BCUT2D eigenvalue weighted by atomic mass is 10.2. The fourth-order valence-electron chi connectivity index (χ4n) is 2.76. The number of pyridine rings is 1. The maximum atomic E-state index is 12.9. The molecule has 6 nitrogen and oxygen atoms in total. The molecule has 4 aromatic rings. The minimum Gasteiger partial charge on any atom is -0.477 e. The van der Waals surface area contributed by atoms with Crippen molar-refractivity contribution < 1.29 is 9.90 Å². The fourth-order valence-corrected chi connectivity index (χ4v) is 3.94. The van der Waals surface area contributed by atoms with Crippen LogP contribution in [0, 0.1) is 0 Å². The van der Waals surface area contributed by atoms with Gasteiger partial charge in [0.2, 0.25) is 0 Å². The summed E-state index contributed by atoms with van der Waals surface area (Å²) in [7, 11) is 0. The summed E-state index contributed by atoms with van der Waals surface area (Å²) in [6.45, 7) is 0. The van der Waals surface area contributed by atoms with E-state index in [4.69, 9.17) is 11.6 Å². The number of hydrogen-bond acceptors (Lipinski definition) is 5. The number of halogens is 1. The molecular formula is C20H12ClN3O3S. The second-order valence-electron chi connectivity index (χ2n) is 5.80. The van der Waals surface area contributed by atoms with E-state index >= 15 is 0 Å². The summed E-state index contributed by atoms with van der Waals surface area (Å²) in [5, 5.41) is 9.53. The van der Waals surface area contributed by atoms with Gasteiger partial charge >= 0.3 is 5.97 Å². The third-order valence-electron chi connectivity index (χ3n) is 4.02. The molecule has 3 heterocycles. The zero-order valence-corrected chi connectivity index (χ0v) is 15.8. The van der Waals surface area contributed by atoms with Crippen molar-refractivity contribution in [2.75, 3.05) is 0 Å². The third-order valence-corrected chi connectivity index (χ3v) is 5.40. The van der Waals surface area contributed by atoms with Gasteiger partial charge in [-0.3, -0.25) is 9.78 Å². The molecule has 0 atom stereocenters. The number of aromatic carboxylic acids is 1. The first-order valence-electron chi connectivity index (χ1n) is 8.18. The van der Waals surface area contributed by atoms with E-state index in [0.717, 1.165) is 16.9 Å². The minimum atomic E-state index is -1.15. The van der Waals surface area contributed by atoms with Crippen LogP contribution in [0.3, 0.4) is 0 Å². The molecule has 4 rings (SSSR count). The Bertz CT molecular complexity index is 1260. The lowest BCUT2D eigenvalue weighted by Crippen LogP contribution is -2.17. The molecular weight excluding hydrogens is 398 g/mol. The standard InChI is InChI=1S/C20H12ClN3O3S/c21-15-14(9-8-12-5-2-1-3-6-12)23-20-24(18(15)25)16(17(28-20)19(26)27)13-7-4-10-22-11-13/h1-11H,(H,26,27). The number of carboxylic acid groups (broad SMARTS) is 1. The Morgan fingerprint density at radius 3 is 2.61 bits per heavy atom. The number of thiazole rings is 1. The molecule has 28 heavy (non-hydrogen) atoms. The molecule has 138 valence electrons. The molecule has 0 unspecified atom stereocenters. The molecule has 0 bridgehead atoms. The minimum absolute atomic E-state index is 0.00199. The molecule has 0 amide bonds. The highest BCUT2D eigenvalue weighted by Gasteiger charge is 2.23. The number of nitrogens with zero attached hydrogens (tertiary/aromatic N) is 3. The molecule has 0 aliphatic rings. The van der Waals surface area contributed by atoms with Crippen molar-refractivity contribution in [3.05, 3.63) is 86.4 Å². The van der Waals surface area contributed by atoms with Crippen LogP contribution in [0.2, 0.25) is 5.02 Å². The van der Waals surface area contributed by atoms with Gasteiger partial charge in [0.05, 0.1) is 11.4 Å². The van der Waals surface area contributed by atoms with E-state index in [1.54, 1.807) is 30.5 Å². The predicted octanol–water partition coefficient (Wildman–Crippen LogP) is 4.34. The molecule has 0 saturated heterocycles. The van der Waals surface area contributed by atoms with Gasteiger partial charge in [-0.1, -0.05) is 59.3 Å².